The van der Waals surface area contributed by atoms with Crippen LogP contribution in [0.25, 0.3) is 0 Å². The minimum Gasteiger partial charge on any atom is -0.383 e. The van der Waals surface area contributed by atoms with E-state index in [1.54, 1.807) is 19.1 Å². The standard InChI is InChI=1S/C19H23ClN2O4S/c1-13(12-26-3)22-27(24,25)18-10-6-16(7-11-18)19(23)21-14(2)15-4-8-17(20)9-5-15/h4-11,13-14,22H,12H2,1-3H3,(H,21,23)/t13-,14+/m0/s1. The predicted octanol–water partition coefficient (Wildman–Crippen LogP) is 3.14. The van der Waals surface area contributed by atoms with Crippen molar-refractivity contribution in [2.24, 2.45) is 0 Å². The molecule has 0 aliphatic rings. The molecular weight excluding hydrogens is 388 g/mol. The topological polar surface area (TPSA) is 84.5 Å². The van der Waals surface area contributed by atoms with Crippen LogP contribution >= 0.6 is 11.6 Å². The Hall–Kier alpha value is -1.93. The monoisotopic (exact) mass is 410 g/mol. The van der Waals surface area contributed by atoms with E-state index in [9.17, 15) is 13.2 Å². The van der Waals surface area contributed by atoms with Crippen molar-refractivity contribution >= 4 is 27.5 Å². The second kappa shape index (κ2) is 9.32. The Kier molecular flexibility index (Phi) is 7.38. The van der Waals surface area contributed by atoms with Crippen molar-refractivity contribution in [2.45, 2.75) is 30.8 Å². The van der Waals surface area contributed by atoms with Gasteiger partial charge in [0.25, 0.3) is 5.91 Å². The van der Waals surface area contributed by atoms with Crippen LogP contribution in [-0.4, -0.2) is 34.1 Å². The molecule has 0 unspecified atom stereocenters. The Labute approximate surface area is 164 Å². The summed E-state index contributed by atoms with van der Waals surface area (Å²) in [6.45, 7) is 3.84. The summed E-state index contributed by atoms with van der Waals surface area (Å²) in [5.41, 5.74) is 1.29. The fourth-order valence-corrected chi connectivity index (χ4v) is 3.87. The molecule has 0 radical (unpaired) electrons. The fourth-order valence-electron chi connectivity index (χ4n) is 2.52. The summed E-state index contributed by atoms with van der Waals surface area (Å²) in [6, 6.07) is 12.4. The lowest BCUT2D eigenvalue weighted by Gasteiger charge is -2.15. The van der Waals surface area contributed by atoms with E-state index >= 15 is 0 Å². The van der Waals surface area contributed by atoms with Crippen LogP contribution in [0.4, 0.5) is 0 Å². The molecule has 2 N–H and O–H groups in total. The molecule has 2 rings (SSSR count). The summed E-state index contributed by atoms with van der Waals surface area (Å²) in [5.74, 6) is -0.290. The lowest BCUT2D eigenvalue weighted by atomic mass is 10.1. The molecule has 0 saturated carbocycles. The molecule has 0 spiro atoms. The molecule has 8 heteroatoms. The van der Waals surface area contributed by atoms with Gasteiger partial charge in [-0.05, 0) is 55.8 Å². The van der Waals surface area contributed by atoms with E-state index in [1.807, 2.05) is 19.1 Å². The molecule has 0 saturated heterocycles. The highest BCUT2D eigenvalue weighted by molar-refractivity contribution is 7.89. The van der Waals surface area contributed by atoms with Crippen LogP contribution in [0.1, 0.15) is 35.8 Å². The lowest BCUT2D eigenvalue weighted by Crippen LogP contribution is -2.35. The van der Waals surface area contributed by atoms with Crippen LogP contribution in [0.15, 0.2) is 53.4 Å². The first-order chi connectivity index (χ1) is 12.7. The van der Waals surface area contributed by atoms with Crippen LogP contribution in [-0.2, 0) is 14.8 Å². The Morgan fingerprint density at radius 1 is 1.07 bits per heavy atom. The summed E-state index contributed by atoms with van der Waals surface area (Å²) in [4.78, 5) is 12.5. The molecule has 146 valence electrons. The van der Waals surface area contributed by atoms with E-state index in [-0.39, 0.29) is 29.5 Å². The number of halogens is 1. The van der Waals surface area contributed by atoms with E-state index in [1.165, 1.54) is 31.4 Å². The van der Waals surface area contributed by atoms with Gasteiger partial charge < -0.3 is 10.1 Å². The second-order valence-electron chi connectivity index (χ2n) is 6.25. The zero-order chi connectivity index (χ0) is 20.0. The Morgan fingerprint density at radius 2 is 1.67 bits per heavy atom. The van der Waals surface area contributed by atoms with Crippen LogP contribution < -0.4 is 10.0 Å². The number of nitrogens with one attached hydrogen (secondary N) is 2. The van der Waals surface area contributed by atoms with Gasteiger partial charge in [0.15, 0.2) is 0 Å². The molecule has 2 aromatic carbocycles. The van der Waals surface area contributed by atoms with Gasteiger partial charge in [-0.15, -0.1) is 0 Å². The van der Waals surface area contributed by atoms with Crippen LogP contribution in [0.5, 0.6) is 0 Å². The third kappa shape index (κ3) is 6.04. The first-order valence-corrected chi connectivity index (χ1v) is 10.3. The number of carbonyl (C=O) groups is 1. The summed E-state index contributed by atoms with van der Waals surface area (Å²) in [5, 5.41) is 3.50. The summed E-state index contributed by atoms with van der Waals surface area (Å²) < 4.78 is 32.1. The quantitative estimate of drug-likeness (QED) is 0.700. The first-order valence-electron chi connectivity index (χ1n) is 8.40. The number of carbonyl (C=O) groups excluding carboxylic acids is 1. The third-order valence-electron chi connectivity index (χ3n) is 3.92. The molecule has 1 amide bonds. The third-order valence-corrected chi connectivity index (χ3v) is 5.77. The maximum atomic E-state index is 12.4. The number of ether oxygens (including phenoxy) is 1. The van der Waals surface area contributed by atoms with Crippen molar-refractivity contribution in [2.75, 3.05) is 13.7 Å². The van der Waals surface area contributed by atoms with E-state index < -0.39 is 10.0 Å². The molecule has 0 aliphatic heterocycles. The van der Waals surface area contributed by atoms with Gasteiger partial charge in [-0.3, -0.25) is 4.79 Å². The maximum absolute atomic E-state index is 12.4. The van der Waals surface area contributed by atoms with Crippen molar-refractivity contribution in [3.05, 3.63) is 64.7 Å². The Morgan fingerprint density at radius 3 is 2.22 bits per heavy atom. The van der Waals surface area contributed by atoms with Gasteiger partial charge in [0.1, 0.15) is 0 Å². The van der Waals surface area contributed by atoms with Gasteiger partial charge in [-0.1, -0.05) is 23.7 Å². The van der Waals surface area contributed by atoms with Crippen molar-refractivity contribution in [1.82, 2.24) is 10.0 Å². The molecule has 6 nitrogen and oxygen atoms in total. The van der Waals surface area contributed by atoms with Crippen molar-refractivity contribution in [3.63, 3.8) is 0 Å². The highest BCUT2D eigenvalue weighted by Gasteiger charge is 2.18. The maximum Gasteiger partial charge on any atom is 0.251 e. The minimum atomic E-state index is -3.67. The van der Waals surface area contributed by atoms with Crippen molar-refractivity contribution in [3.8, 4) is 0 Å². The lowest BCUT2D eigenvalue weighted by molar-refractivity contribution is 0.0940. The molecule has 27 heavy (non-hydrogen) atoms. The summed E-state index contributed by atoms with van der Waals surface area (Å²) >= 11 is 5.87. The van der Waals surface area contributed by atoms with Gasteiger partial charge >= 0.3 is 0 Å². The average molecular weight is 411 g/mol. The van der Waals surface area contributed by atoms with Crippen molar-refractivity contribution < 1.29 is 17.9 Å². The minimum absolute atomic E-state index is 0.0905. The van der Waals surface area contributed by atoms with E-state index in [4.69, 9.17) is 16.3 Å². The number of amides is 1. The largest absolute Gasteiger partial charge is 0.383 e. The molecule has 0 fully saturated rings. The van der Waals surface area contributed by atoms with Gasteiger partial charge in [0, 0.05) is 23.7 Å². The zero-order valence-electron chi connectivity index (χ0n) is 15.4. The molecule has 2 aromatic rings. The number of rotatable bonds is 8. The molecule has 0 heterocycles. The number of hydrogen-bond acceptors (Lipinski definition) is 4. The normalized spacial score (nSPS) is 13.8. The highest BCUT2D eigenvalue weighted by Crippen LogP contribution is 2.17. The van der Waals surface area contributed by atoms with Gasteiger partial charge in [-0.25, -0.2) is 13.1 Å². The van der Waals surface area contributed by atoms with Gasteiger partial charge in [0.05, 0.1) is 17.5 Å². The Balaban J connectivity index is 2.05. The van der Waals surface area contributed by atoms with E-state index in [0.717, 1.165) is 5.56 Å². The van der Waals surface area contributed by atoms with E-state index in [2.05, 4.69) is 10.0 Å². The molecule has 0 aromatic heterocycles. The Bertz CT molecular complexity index is 868. The van der Waals surface area contributed by atoms with Crippen molar-refractivity contribution in [1.29, 1.82) is 0 Å². The highest BCUT2D eigenvalue weighted by atomic mass is 35.5. The SMILES string of the molecule is COC[C@H](C)NS(=O)(=O)c1ccc(C(=O)N[C@H](C)c2ccc(Cl)cc2)cc1. The van der Waals surface area contributed by atoms with E-state index in [0.29, 0.717) is 10.6 Å². The number of sulfonamides is 1. The molecule has 2 atom stereocenters. The summed E-state index contributed by atoms with van der Waals surface area (Å²) in [7, 11) is -2.17. The zero-order valence-corrected chi connectivity index (χ0v) is 17.0. The van der Waals surface area contributed by atoms with Crippen LogP contribution in [0.2, 0.25) is 5.02 Å². The number of benzene rings is 2. The second-order valence-corrected chi connectivity index (χ2v) is 8.40. The van der Waals surface area contributed by atoms with Gasteiger partial charge in [0.2, 0.25) is 10.0 Å². The van der Waals surface area contributed by atoms with Crippen LogP contribution in [0.3, 0.4) is 0 Å². The molecule has 0 bridgehead atoms. The molecular formula is C19H23ClN2O4S. The smallest absolute Gasteiger partial charge is 0.251 e. The molecule has 0 aliphatic carbocycles. The van der Waals surface area contributed by atoms with Gasteiger partial charge in [-0.2, -0.15) is 0 Å². The number of methoxy groups -OCH3 is 1. The first kappa shape index (κ1) is 21.4. The average Bonchev–Trinajstić information content (AvgIpc) is 2.62. The number of hydrogen-bond donors (Lipinski definition) is 2. The predicted molar refractivity (Wildman–Crippen MR) is 105 cm³/mol. The fraction of sp³-hybridized carbons (Fsp3) is 0.316. The van der Waals surface area contributed by atoms with Crippen LogP contribution in [0, 0.1) is 0 Å². The summed E-state index contributed by atoms with van der Waals surface area (Å²) in [6.07, 6.45) is 0.